The van der Waals surface area contributed by atoms with Gasteiger partial charge < -0.3 is 5.32 Å². The molecule has 1 saturated heterocycles. The molecule has 1 amide bonds. The first-order chi connectivity index (χ1) is 13.7. The highest BCUT2D eigenvalue weighted by Crippen LogP contribution is 2.23. The van der Waals surface area contributed by atoms with Crippen molar-refractivity contribution < 1.29 is 21.6 Å². The van der Waals surface area contributed by atoms with Gasteiger partial charge in [-0.2, -0.15) is 0 Å². The van der Waals surface area contributed by atoms with Gasteiger partial charge in [0, 0.05) is 25.9 Å². The van der Waals surface area contributed by atoms with Gasteiger partial charge in [0.25, 0.3) is 0 Å². The van der Waals surface area contributed by atoms with Crippen LogP contribution in [0.2, 0.25) is 0 Å². The monoisotopic (exact) mass is 436 g/mol. The summed E-state index contributed by atoms with van der Waals surface area (Å²) in [6, 6.07) is 15.1. The van der Waals surface area contributed by atoms with E-state index in [2.05, 4.69) is 5.32 Å². The average Bonchev–Trinajstić information content (AvgIpc) is 2.68. The lowest BCUT2D eigenvalue weighted by atomic mass is 10.0. The fraction of sp³-hybridized carbons (Fsp3) is 0.350. The average molecular weight is 437 g/mol. The molecule has 2 aromatic rings. The first-order valence-corrected chi connectivity index (χ1v) is 12.9. The molecular weight excluding hydrogens is 412 g/mol. The Balaban J connectivity index is 1.73. The van der Waals surface area contributed by atoms with Crippen LogP contribution in [0.4, 0.5) is 0 Å². The first kappa shape index (κ1) is 21.5. The zero-order chi connectivity index (χ0) is 21.1. The lowest BCUT2D eigenvalue weighted by molar-refractivity contribution is -0.126. The van der Waals surface area contributed by atoms with E-state index in [1.54, 1.807) is 12.1 Å². The molecule has 2 aromatic carbocycles. The zero-order valence-corrected chi connectivity index (χ0v) is 17.7. The summed E-state index contributed by atoms with van der Waals surface area (Å²) in [4.78, 5) is 15.1. The Hall–Kier alpha value is -2.23. The van der Waals surface area contributed by atoms with Gasteiger partial charge in [-0.05, 0) is 23.3 Å². The Morgan fingerprint density at radius 1 is 1.03 bits per heavy atom. The van der Waals surface area contributed by atoms with Crippen LogP contribution in [0.5, 0.6) is 0 Å². The van der Waals surface area contributed by atoms with Crippen molar-refractivity contribution in [1.29, 1.82) is 0 Å². The Morgan fingerprint density at radius 3 is 2.17 bits per heavy atom. The second-order valence-corrected chi connectivity index (χ2v) is 11.5. The summed E-state index contributed by atoms with van der Waals surface area (Å²) in [5.74, 6) is -0.143. The van der Waals surface area contributed by atoms with Crippen molar-refractivity contribution in [2.75, 3.05) is 30.9 Å². The number of benzene rings is 2. The summed E-state index contributed by atoms with van der Waals surface area (Å²) < 4.78 is 46.6. The van der Waals surface area contributed by atoms with Crippen LogP contribution in [0.1, 0.15) is 17.2 Å². The van der Waals surface area contributed by atoms with Gasteiger partial charge in [-0.3, -0.25) is 9.69 Å². The SMILES string of the molecule is CS(=O)(=O)c1ccc(CNC(=O)C(c2ccccc2)N2CCS(=O)(=O)CC2)cc1. The summed E-state index contributed by atoms with van der Waals surface area (Å²) >= 11 is 0. The van der Waals surface area contributed by atoms with Crippen LogP contribution in [0.15, 0.2) is 59.5 Å². The number of carbonyl (C=O) groups excluding carboxylic acids is 1. The molecule has 1 unspecified atom stereocenters. The summed E-state index contributed by atoms with van der Waals surface area (Å²) in [5.41, 5.74) is 1.58. The Bertz CT molecular complexity index is 1050. The third-order valence-electron chi connectivity index (χ3n) is 4.93. The van der Waals surface area contributed by atoms with Gasteiger partial charge in [0.2, 0.25) is 5.91 Å². The number of rotatable bonds is 6. The van der Waals surface area contributed by atoms with E-state index >= 15 is 0 Å². The van der Waals surface area contributed by atoms with E-state index in [1.807, 2.05) is 35.2 Å². The van der Waals surface area contributed by atoms with Crippen molar-refractivity contribution in [3.8, 4) is 0 Å². The summed E-state index contributed by atoms with van der Waals surface area (Å²) in [6.45, 7) is 0.856. The largest absolute Gasteiger partial charge is 0.350 e. The van der Waals surface area contributed by atoms with Gasteiger partial charge >= 0.3 is 0 Å². The molecule has 0 spiro atoms. The Labute approximate surface area is 171 Å². The van der Waals surface area contributed by atoms with E-state index in [9.17, 15) is 21.6 Å². The minimum Gasteiger partial charge on any atom is -0.350 e. The van der Waals surface area contributed by atoms with Crippen LogP contribution < -0.4 is 5.32 Å². The molecule has 9 heteroatoms. The maximum Gasteiger partial charge on any atom is 0.242 e. The maximum atomic E-state index is 13.0. The van der Waals surface area contributed by atoms with Crippen LogP contribution >= 0.6 is 0 Å². The van der Waals surface area contributed by atoms with Gasteiger partial charge in [0.1, 0.15) is 6.04 Å². The molecule has 0 saturated carbocycles. The third-order valence-corrected chi connectivity index (χ3v) is 7.66. The number of amides is 1. The number of nitrogens with zero attached hydrogens (tertiary/aromatic N) is 1. The minimum absolute atomic E-state index is 0.0383. The standard InChI is InChI=1S/C20H24N2O5S2/c1-28(24,25)18-9-7-16(8-10-18)15-21-20(23)19(17-5-3-2-4-6-17)22-11-13-29(26,27)14-12-22/h2-10,19H,11-15H2,1H3,(H,21,23). The number of hydrogen-bond donors (Lipinski definition) is 1. The second-order valence-electron chi connectivity index (χ2n) is 7.13. The number of sulfone groups is 2. The van der Waals surface area contributed by atoms with E-state index in [4.69, 9.17) is 0 Å². The molecular formula is C20H24N2O5S2. The predicted octanol–water partition coefficient (Wildman–Crippen LogP) is 1.18. The Kier molecular flexibility index (Phi) is 6.40. The summed E-state index contributed by atoms with van der Waals surface area (Å²) in [5, 5.41) is 2.89. The first-order valence-electron chi connectivity index (χ1n) is 9.22. The van der Waals surface area contributed by atoms with Crippen molar-refractivity contribution in [2.24, 2.45) is 0 Å². The molecule has 1 heterocycles. The van der Waals surface area contributed by atoms with Gasteiger partial charge in [0.05, 0.1) is 16.4 Å². The van der Waals surface area contributed by atoms with E-state index in [0.29, 0.717) is 13.1 Å². The lowest BCUT2D eigenvalue weighted by Gasteiger charge is -2.33. The van der Waals surface area contributed by atoms with Crippen molar-refractivity contribution in [2.45, 2.75) is 17.5 Å². The zero-order valence-electron chi connectivity index (χ0n) is 16.1. The van der Waals surface area contributed by atoms with E-state index in [0.717, 1.165) is 17.4 Å². The minimum atomic E-state index is -3.27. The van der Waals surface area contributed by atoms with Crippen LogP contribution in [0, 0.1) is 0 Å². The number of hydrogen-bond acceptors (Lipinski definition) is 6. The van der Waals surface area contributed by atoms with E-state index in [1.165, 1.54) is 12.1 Å². The molecule has 1 aliphatic rings. The fourth-order valence-electron chi connectivity index (χ4n) is 3.29. The summed E-state index contributed by atoms with van der Waals surface area (Å²) in [6.07, 6.45) is 1.15. The topological polar surface area (TPSA) is 101 Å². The van der Waals surface area contributed by atoms with Gasteiger partial charge in [-0.1, -0.05) is 42.5 Å². The van der Waals surface area contributed by atoms with Crippen molar-refractivity contribution >= 4 is 25.6 Å². The highest BCUT2D eigenvalue weighted by molar-refractivity contribution is 7.91. The smallest absolute Gasteiger partial charge is 0.242 e. The molecule has 29 heavy (non-hydrogen) atoms. The van der Waals surface area contributed by atoms with E-state index in [-0.39, 0.29) is 28.9 Å². The van der Waals surface area contributed by atoms with Gasteiger partial charge in [-0.15, -0.1) is 0 Å². The number of nitrogens with one attached hydrogen (secondary N) is 1. The van der Waals surface area contributed by atoms with Gasteiger partial charge in [0.15, 0.2) is 19.7 Å². The van der Waals surface area contributed by atoms with E-state index < -0.39 is 25.7 Å². The lowest BCUT2D eigenvalue weighted by Crippen LogP contribution is -2.47. The maximum absolute atomic E-state index is 13.0. The molecule has 1 atom stereocenters. The van der Waals surface area contributed by atoms with Crippen LogP contribution in [-0.2, 0) is 31.0 Å². The normalized spacial score (nSPS) is 18.1. The van der Waals surface area contributed by atoms with Gasteiger partial charge in [-0.25, -0.2) is 16.8 Å². The molecule has 0 aromatic heterocycles. The quantitative estimate of drug-likeness (QED) is 0.730. The van der Waals surface area contributed by atoms with Crippen molar-refractivity contribution in [1.82, 2.24) is 10.2 Å². The third kappa shape index (κ3) is 5.65. The highest BCUT2D eigenvalue weighted by atomic mass is 32.2. The summed E-state index contributed by atoms with van der Waals surface area (Å²) in [7, 11) is -6.32. The molecule has 1 N–H and O–H groups in total. The predicted molar refractivity (Wildman–Crippen MR) is 111 cm³/mol. The number of carbonyl (C=O) groups is 1. The second kappa shape index (κ2) is 8.64. The van der Waals surface area contributed by atoms with Crippen LogP contribution in [-0.4, -0.2) is 58.5 Å². The highest BCUT2D eigenvalue weighted by Gasteiger charge is 2.32. The molecule has 1 fully saturated rings. The van der Waals surface area contributed by atoms with Crippen LogP contribution in [0.3, 0.4) is 0 Å². The van der Waals surface area contributed by atoms with Crippen LogP contribution in [0.25, 0.3) is 0 Å². The molecule has 0 bridgehead atoms. The van der Waals surface area contributed by atoms with Crippen molar-refractivity contribution in [3.05, 3.63) is 65.7 Å². The molecule has 0 aliphatic carbocycles. The van der Waals surface area contributed by atoms with Crippen molar-refractivity contribution in [3.63, 3.8) is 0 Å². The molecule has 0 radical (unpaired) electrons. The Morgan fingerprint density at radius 2 is 1.62 bits per heavy atom. The molecule has 156 valence electrons. The molecule has 1 aliphatic heterocycles. The molecule has 7 nitrogen and oxygen atoms in total. The molecule has 3 rings (SSSR count). The fourth-order valence-corrected chi connectivity index (χ4v) is 5.15.